The Morgan fingerprint density at radius 1 is 1.32 bits per heavy atom. The van der Waals surface area contributed by atoms with Crippen LogP contribution in [0, 0.1) is 6.92 Å². The standard InChI is InChI=1S/C14H12BrN3S/c1-9-13(10-4-3-5-11(15)6-10)17-14(19-9)12-7-16-8-18(12)2/h3-8H,1-2H3. The van der Waals surface area contributed by atoms with Gasteiger partial charge in [-0.1, -0.05) is 28.1 Å². The molecule has 3 rings (SSSR count). The molecule has 2 aromatic heterocycles. The van der Waals surface area contributed by atoms with Crippen LogP contribution in [0.15, 0.2) is 41.3 Å². The lowest BCUT2D eigenvalue weighted by atomic mass is 10.1. The minimum absolute atomic E-state index is 1.01. The van der Waals surface area contributed by atoms with E-state index in [1.54, 1.807) is 17.7 Å². The van der Waals surface area contributed by atoms with Gasteiger partial charge in [0.25, 0.3) is 0 Å². The highest BCUT2D eigenvalue weighted by Gasteiger charge is 2.13. The number of thiazole rings is 1. The van der Waals surface area contributed by atoms with Gasteiger partial charge in [0.15, 0.2) is 0 Å². The highest BCUT2D eigenvalue weighted by molar-refractivity contribution is 9.10. The second kappa shape index (κ2) is 4.90. The summed E-state index contributed by atoms with van der Waals surface area (Å²) in [7, 11) is 1.98. The first-order valence-electron chi connectivity index (χ1n) is 5.85. The van der Waals surface area contributed by atoms with Crippen molar-refractivity contribution >= 4 is 27.3 Å². The normalized spacial score (nSPS) is 10.9. The molecule has 0 saturated carbocycles. The minimum atomic E-state index is 1.01. The Balaban J connectivity index is 2.10. The van der Waals surface area contributed by atoms with E-state index in [1.807, 2.05) is 29.9 Å². The Kier molecular flexibility index (Phi) is 3.24. The van der Waals surface area contributed by atoms with E-state index in [0.29, 0.717) is 0 Å². The first-order valence-corrected chi connectivity index (χ1v) is 7.46. The van der Waals surface area contributed by atoms with Crippen LogP contribution in [-0.4, -0.2) is 14.5 Å². The van der Waals surface area contributed by atoms with Crippen molar-refractivity contribution in [2.75, 3.05) is 0 Å². The molecule has 3 nitrogen and oxygen atoms in total. The maximum Gasteiger partial charge on any atom is 0.142 e. The lowest BCUT2D eigenvalue weighted by Gasteiger charge is -1.99. The van der Waals surface area contributed by atoms with Crippen LogP contribution in [0.5, 0.6) is 0 Å². The van der Waals surface area contributed by atoms with Crippen LogP contribution in [0.25, 0.3) is 22.0 Å². The number of halogens is 1. The van der Waals surface area contributed by atoms with Crippen molar-refractivity contribution in [1.82, 2.24) is 14.5 Å². The summed E-state index contributed by atoms with van der Waals surface area (Å²) < 4.78 is 3.06. The molecule has 0 fully saturated rings. The van der Waals surface area contributed by atoms with Crippen LogP contribution >= 0.6 is 27.3 Å². The number of aryl methyl sites for hydroxylation is 2. The molecule has 2 heterocycles. The third-order valence-electron chi connectivity index (χ3n) is 2.93. The van der Waals surface area contributed by atoms with Gasteiger partial charge in [-0.2, -0.15) is 0 Å². The molecular weight excluding hydrogens is 322 g/mol. The van der Waals surface area contributed by atoms with Crippen molar-refractivity contribution < 1.29 is 0 Å². The molecule has 3 aromatic rings. The molecule has 0 amide bonds. The first-order chi connectivity index (χ1) is 9.15. The van der Waals surface area contributed by atoms with Crippen molar-refractivity contribution in [2.24, 2.45) is 7.05 Å². The average molecular weight is 334 g/mol. The van der Waals surface area contributed by atoms with Gasteiger partial charge in [-0.25, -0.2) is 9.97 Å². The highest BCUT2D eigenvalue weighted by Crippen LogP contribution is 2.33. The van der Waals surface area contributed by atoms with E-state index in [0.717, 1.165) is 26.4 Å². The molecule has 0 saturated heterocycles. The zero-order valence-electron chi connectivity index (χ0n) is 10.6. The third kappa shape index (κ3) is 2.35. The van der Waals surface area contributed by atoms with Crippen molar-refractivity contribution in [3.05, 3.63) is 46.1 Å². The van der Waals surface area contributed by atoms with Gasteiger partial charge in [-0.15, -0.1) is 11.3 Å². The molecule has 96 valence electrons. The monoisotopic (exact) mass is 333 g/mol. The molecule has 0 aliphatic rings. The number of hydrogen-bond donors (Lipinski definition) is 0. The van der Waals surface area contributed by atoms with Gasteiger partial charge in [0.05, 0.1) is 23.9 Å². The number of benzene rings is 1. The van der Waals surface area contributed by atoms with E-state index in [2.05, 4.69) is 40.0 Å². The molecule has 19 heavy (non-hydrogen) atoms. The summed E-state index contributed by atoms with van der Waals surface area (Å²) in [4.78, 5) is 10.1. The highest BCUT2D eigenvalue weighted by atomic mass is 79.9. The number of nitrogens with zero attached hydrogens (tertiary/aromatic N) is 3. The fourth-order valence-corrected chi connectivity index (χ4v) is 3.36. The SMILES string of the molecule is Cc1sc(-c2cncn2C)nc1-c1cccc(Br)c1. The molecule has 0 aliphatic carbocycles. The van der Waals surface area contributed by atoms with Gasteiger partial charge in [0, 0.05) is 22.0 Å². The largest absolute Gasteiger partial charge is 0.332 e. The van der Waals surface area contributed by atoms with Crippen molar-refractivity contribution in [2.45, 2.75) is 6.92 Å². The summed E-state index contributed by atoms with van der Waals surface area (Å²) >= 11 is 5.20. The predicted molar refractivity (Wildman–Crippen MR) is 82.2 cm³/mol. The maximum atomic E-state index is 4.76. The molecule has 0 radical (unpaired) electrons. The Morgan fingerprint density at radius 3 is 2.84 bits per heavy atom. The minimum Gasteiger partial charge on any atom is -0.332 e. The average Bonchev–Trinajstić information content (AvgIpc) is 2.95. The Morgan fingerprint density at radius 2 is 2.16 bits per heavy atom. The van der Waals surface area contributed by atoms with Crippen LogP contribution < -0.4 is 0 Å². The summed E-state index contributed by atoms with van der Waals surface area (Å²) in [5.74, 6) is 0. The van der Waals surface area contributed by atoms with Gasteiger partial charge in [0.1, 0.15) is 5.01 Å². The maximum absolute atomic E-state index is 4.76. The fraction of sp³-hybridized carbons (Fsp3) is 0.143. The fourth-order valence-electron chi connectivity index (χ4n) is 1.97. The molecule has 0 spiro atoms. The molecule has 0 N–H and O–H groups in total. The smallest absolute Gasteiger partial charge is 0.142 e. The number of imidazole rings is 1. The van der Waals surface area contributed by atoms with Gasteiger partial charge >= 0.3 is 0 Å². The molecular formula is C14H12BrN3S. The van der Waals surface area contributed by atoms with Crippen LogP contribution in [0.1, 0.15) is 4.88 Å². The molecule has 5 heteroatoms. The van der Waals surface area contributed by atoms with E-state index < -0.39 is 0 Å². The summed E-state index contributed by atoms with van der Waals surface area (Å²) in [6, 6.07) is 8.23. The Hall–Kier alpha value is -1.46. The van der Waals surface area contributed by atoms with Gasteiger partial charge < -0.3 is 4.57 Å². The topological polar surface area (TPSA) is 30.7 Å². The van der Waals surface area contributed by atoms with Crippen LogP contribution in [0.3, 0.4) is 0 Å². The van der Waals surface area contributed by atoms with E-state index in [1.165, 1.54) is 4.88 Å². The van der Waals surface area contributed by atoms with Crippen molar-refractivity contribution in [3.63, 3.8) is 0 Å². The van der Waals surface area contributed by atoms with E-state index in [9.17, 15) is 0 Å². The van der Waals surface area contributed by atoms with E-state index in [4.69, 9.17) is 4.98 Å². The Labute approximate surface area is 124 Å². The molecule has 0 aliphatic heterocycles. The number of hydrogen-bond acceptors (Lipinski definition) is 3. The molecule has 1 aromatic carbocycles. The van der Waals surface area contributed by atoms with E-state index >= 15 is 0 Å². The van der Waals surface area contributed by atoms with Gasteiger partial charge in [0.2, 0.25) is 0 Å². The van der Waals surface area contributed by atoms with Gasteiger partial charge in [-0.3, -0.25) is 0 Å². The van der Waals surface area contributed by atoms with Crippen molar-refractivity contribution in [3.8, 4) is 22.0 Å². The molecule has 0 atom stereocenters. The number of aromatic nitrogens is 3. The predicted octanol–water partition coefficient (Wildman–Crippen LogP) is 4.28. The van der Waals surface area contributed by atoms with Crippen LogP contribution in [0.2, 0.25) is 0 Å². The quantitative estimate of drug-likeness (QED) is 0.700. The molecule has 0 bridgehead atoms. The lowest BCUT2D eigenvalue weighted by molar-refractivity contribution is 0.920. The summed E-state index contributed by atoms with van der Waals surface area (Å²) in [5.41, 5.74) is 3.23. The number of rotatable bonds is 2. The summed E-state index contributed by atoms with van der Waals surface area (Å²) in [6.45, 7) is 2.10. The molecule has 0 unspecified atom stereocenters. The van der Waals surface area contributed by atoms with Crippen LogP contribution in [-0.2, 0) is 7.05 Å². The summed E-state index contributed by atoms with van der Waals surface area (Å²) in [5, 5.41) is 1.01. The van der Waals surface area contributed by atoms with Gasteiger partial charge in [-0.05, 0) is 19.1 Å². The third-order valence-corrected chi connectivity index (χ3v) is 4.42. The zero-order valence-corrected chi connectivity index (χ0v) is 13.0. The zero-order chi connectivity index (χ0) is 13.4. The second-order valence-electron chi connectivity index (χ2n) is 4.32. The van der Waals surface area contributed by atoms with E-state index in [-0.39, 0.29) is 0 Å². The second-order valence-corrected chi connectivity index (χ2v) is 6.44. The van der Waals surface area contributed by atoms with Crippen molar-refractivity contribution in [1.29, 1.82) is 0 Å². The Bertz CT molecular complexity index is 730. The first kappa shape index (κ1) is 12.6. The summed E-state index contributed by atoms with van der Waals surface area (Å²) in [6.07, 6.45) is 3.65. The lowest BCUT2D eigenvalue weighted by Crippen LogP contribution is -1.88. The van der Waals surface area contributed by atoms with Crippen LogP contribution in [0.4, 0.5) is 0 Å².